The summed E-state index contributed by atoms with van der Waals surface area (Å²) in [4.78, 5) is 17.5. The minimum absolute atomic E-state index is 0.224. The van der Waals surface area contributed by atoms with E-state index < -0.39 is 0 Å². The van der Waals surface area contributed by atoms with Crippen molar-refractivity contribution in [3.05, 3.63) is 17.5 Å². The first-order valence-corrected chi connectivity index (χ1v) is 9.69. The third kappa shape index (κ3) is 3.10. The molecule has 3 aliphatic rings. The maximum absolute atomic E-state index is 13.0. The van der Waals surface area contributed by atoms with E-state index in [-0.39, 0.29) is 6.04 Å². The minimum Gasteiger partial charge on any atom is -0.359 e. The summed E-state index contributed by atoms with van der Waals surface area (Å²) in [6.45, 7) is 4.43. The van der Waals surface area contributed by atoms with Crippen LogP contribution >= 0.6 is 0 Å². The van der Waals surface area contributed by atoms with Crippen molar-refractivity contribution in [2.75, 3.05) is 19.6 Å². The molecule has 0 bridgehead atoms. The van der Waals surface area contributed by atoms with Crippen LogP contribution < -0.4 is 0 Å². The van der Waals surface area contributed by atoms with Gasteiger partial charge in [-0.1, -0.05) is 18.0 Å². The summed E-state index contributed by atoms with van der Waals surface area (Å²) in [7, 11) is 0. The van der Waals surface area contributed by atoms with E-state index in [1.165, 1.54) is 38.5 Å². The number of carbonyl (C=O) groups excluding carboxylic acids is 1. The molecule has 1 aromatic rings. The van der Waals surface area contributed by atoms with Crippen LogP contribution in [-0.2, 0) is 4.79 Å². The second-order valence-corrected chi connectivity index (χ2v) is 7.84. The number of aryl methyl sites for hydroxylation is 1. The SMILES string of the molecule is Cc1cc(C2CCCN2CC(=O)N2CCCC3CCCCC32)on1. The first kappa shape index (κ1) is 16.1. The molecule has 24 heavy (non-hydrogen) atoms. The lowest BCUT2D eigenvalue weighted by Gasteiger charge is -2.44. The average molecular weight is 331 g/mol. The highest BCUT2D eigenvalue weighted by Gasteiger charge is 2.37. The molecule has 1 aromatic heterocycles. The molecule has 4 rings (SSSR count). The number of hydrogen-bond acceptors (Lipinski definition) is 4. The van der Waals surface area contributed by atoms with Gasteiger partial charge in [-0.05, 0) is 57.9 Å². The second kappa shape index (κ2) is 6.87. The fraction of sp³-hybridized carbons (Fsp3) is 0.789. The Balaban J connectivity index is 1.43. The fourth-order valence-electron chi connectivity index (χ4n) is 5.08. The van der Waals surface area contributed by atoms with E-state index in [0.29, 0.717) is 18.5 Å². The van der Waals surface area contributed by atoms with Crippen LogP contribution in [0.2, 0.25) is 0 Å². The van der Waals surface area contributed by atoms with Crippen LogP contribution in [0.5, 0.6) is 0 Å². The lowest BCUT2D eigenvalue weighted by Crippen LogP contribution is -2.52. The summed E-state index contributed by atoms with van der Waals surface area (Å²) in [5.41, 5.74) is 0.921. The van der Waals surface area contributed by atoms with Gasteiger partial charge in [-0.2, -0.15) is 0 Å². The van der Waals surface area contributed by atoms with Gasteiger partial charge in [0.05, 0.1) is 18.3 Å². The van der Waals surface area contributed by atoms with E-state index in [0.717, 1.165) is 43.3 Å². The molecule has 0 spiro atoms. The number of aromatic nitrogens is 1. The van der Waals surface area contributed by atoms with Crippen molar-refractivity contribution in [3.63, 3.8) is 0 Å². The predicted molar refractivity (Wildman–Crippen MR) is 91.5 cm³/mol. The normalized spacial score (nSPS) is 31.2. The molecule has 0 aromatic carbocycles. The first-order valence-electron chi connectivity index (χ1n) is 9.69. The van der Waals surface area contributed by atoms with Gasteiger partial charge < -0.3 is 9.42 Å². The highest BCUT2D eigenvalue weighted by molar-refractivity contribution is 5.79. The zero-order valence-electron chi connectivity index (χ0n) is 14.7. The van der Waals surface area contributed by atoms with Crippen LogP contribution in [0.25, 0.3) is 0 Å². The number of nitrogens with zero attached hydrogens (tertiary/aromatic N) is 3. The van der Waals surface area contributed by atoms with E-state index >= 15 is 0 Å². The second-order valence-electron chi connectivity index (χ2n) is 7.84. The van der Waals surface area contributed by atoms with Gasteiger partial charge in [0, 0.05) is 18.7 Å². The van der Waals surface area contributed by atoms with Gasteiger partial charge >= 0.3 is 0 Å². The van der Waals surface area contributed by atoms with Crippen molar-refractivity contribution in [1.82, 2.24) is 15.0 Å². The van der Waals surface area contributed by atoms with Gasteiger partial charge in [0.25, 0.3) is 0 Å². The molecule has 2 saturated heterocycles. The summed E-state index contributed by atoms with van der Waals surface area (Å²) < 4.78 is 5.47. The molecule has 1 saturated carbocycles. The van der Waals surface area contributed by atoms with Gasteiger partial charge in [-0.25, -0.2) is 0 Å². The first-order chi connectivity index (χ1) is 11.7. The maximum atomic E-state index is 13.0. The number of piperidine rings is 1. The number of hydrogen-bond donors (Lipinski definition) is 0. The summed E-state index contributed by atoms with van der Waals surface area (Å²) in [5, 5.41) is 4.02. The summed E-state index contributed by atoms with van der Waals surface area (Å²) >= 11 is 0. The lowest BCUT2D eigenvalue weighted by atomic mass is 9.78. The van der Waals surface area contributed by atoms with E-state index in [9.17, 15) is 4.79 Å². The van der Waals surface area contributed by atoms with Crippen LogP contribution in [-0.4, -0.2) is 46.5 Å². The zero-order chi connectivity index (χ0) is 16.5. The van der Waals surface area contributed by atoms with Crippen LogP contribution in [0.3, 0.4) is 0 Å². The van der Waals surface area contributed by atoms with Crippen LogP contribution in [0, 0.1) is 12.8 Å². The molecule has 2 aliphatic heterocycles. The molecule has 3 unspecified atom stereocenters. The Morgan fingerprint density at radius 1 is 1.17 bits per heavy atom. The van der Waals surface area contributed by atoms with Gasteiger partial charge in [-0.15, -0.1) is 0 Å². The molecule has 1 amide bonds. The molecule has 1 aliphatic carbocycles. The quantitative estimate of drug-likeness (QED) is 0.853. The van der Waals surface area contributed by atoms with Crippen molar-refractivity contribution in [1.29, 1.82) is 0 Å². The third-order valence-electron chi connectivity index (χ3n) is 6.24. The molecule has 0 radical (unpaired) electrons. The van der Waals surface area contributed by atoms with E-state index in [4.69, 9.17) is 4.52 Å². The maximum Gasteiger partial charge on any atom is 0.237 e. The van der Waals surface area contributed by atoms with Crippen molar-refractivity contribution >= 4 is 5.91 Å². The van der Waals surface area contributed by atoms with Gasteiger partial charge in [0.2, 0.25) is 5.91 Å². The number of rotatable bonds is 3. The van der Waals surface area contributed by atoms with Crippen molar-refractivity contribution in [2.24, 2.45) is 5.92 Å². The van der Waals surface area contributed by atoms with E-state index in [1.807, 2.05) is 13.0 Å². The molecule has 132 valence electrons. The Labute approximate surface area is 144 Å². The van der Waals surface area contributed by atoms with Crippen LogP contribution in [0.15, 0.2) is 10.6 Å². The number of fused-ring (bicyclic) bond motifs is 1. The van der Waals surface area contributed by atoms with Crippen molar-refractivity contribution in [3.8, 4) is 0 Å². The Kier molecular flexibility index (Phi) is 4.61. The van der Waals surface area contributed by atoms with Crippen molar-refractivity contribution < 1.29 is 9.32 Å². The van der Waals surface area contributed by atoms with Crippen LogP contribution in [0.4, 0.5) is 0 Å². The van der Waals surface area contributed by atoms with E-state index in [2.05, 4.69) is 15.0 Å². The standard InChI is InChI=1S/C19H29N3O2/c1-14-12-18(24-20-14)17-9-5-10-21(17)13-19(23)22-11-4-7-15-6-2-3-8-16(15)22/h12,15-17H,2-11,13H2,1H3. The van der Waals surface area contributed by atoms with Crippen molar-refractivity contribution in [2.45, 2.75) is 70.4 Å². The van der Waals surface area contributed by atoms with E-state index in [1.54, 1.807) is 0 Å². The summed E-state index contributed by atoms with van der Waals surface area (Å²) in [5.74, 6) is 2.00. The molecule has 5 nitrogen and oxygen atoms in total. The highest BCUT2D eigenvalue weighted by atomic mass is 16.5. The smallest absolute Gasteiger partial charge is 0.237 e. The Hall–Kier alpha value is -1.36. The zero-order valence-corrected chi connectivity index (χ0v) is 14.7. The third-order valence-corrected chi connectivity index (χ3v) is 6.24. The Bertz CT molecular complexity index is 583. The van der Waals surface area contributed by atoms with Crippen LogP contribution in [0.1, 0.15) is 68.9 Å². The van der Waals surface area contributed by atoms with Gasteiger partial charge in [0.15, 0.2) is 5.76 Å². The predicted octanol–water partition coefficient (Wildman–Crippen LogP) is 3.30. The highest BCUT2D eigenvalue weighted by Crippen LogP contribution is 2.36. The largest absolute Gasteiger partial charge is 0.359 e. The Morgan fingerprint density at radius 3 is 2.79 bits per heavy atom. The Morgan fingerprint density at radius 2 is 1.96 bits per heavy atom. The lowest BCUT2D eigenvalue weighted by molar-refractivity contribution is -0.139. The molecule has 3 heterocycles. The minimum atomic E-state index is 0.224. The monoisotopic (exact) mass is 331 g/mol. The fourth-order valence-corrected chi connectivity index (χ4v) is 5.08. The van der Waals surface area contributed by atoms with Gasteiger partial charge in [-0.3, -0.25) is 9.69 Å². The molecule has 3 fully saturated rings. The molecular weight excluding hydrogens is 302 g/mol. The molecular formula is C19H29N3O2. The number of amides is 1. The molecule has 3 atom stereocenters. The summed E-state index contributed by atoms with van der Waals surface area (Å²) in [6, 6.07) is 2.75. The summed E-state index contributed by atoms with van der Waals surface area (Å²) in [6.07, 6.45) is 9.85. The average Bonchev–Trinajstić information content (AvgIpc) is 3.23. The molecule has 0 N–H and O–H groups in total. The number of likely N-dealkylation sites (tertiary alicyclic amines) is 2. The topological polar surface area (TPSA) is 49.6 Å². The molecule has 5 heteroatoms. The van der Waals surface area contributed by atoms with Gasteiger partial charge in [0.1, 0.15) is 0 Å². The number of carbonyl (C=O) groups is 1.